The van der Waals surface area contributed by atoms with E-state index in [-0.39, 0.29) is 5.41 Å². The fourth-order valence-electron chi connectivity index (χ4n) is 4.76. The van der Waals surface area contributed by atoms with Gasteiger partial charge in [0, 0.05) is 5.41 Å². The van der Waals surface area contributed by atoms with Gasteiger partial charge in [-0.1, -0.05) is 60.3 Å². The van der Waals surface area contributed by atoms with Crippen LogP contribution in [0.1, 0.15) is 92.9 Å². The van der Waals surface area contributed by atoms with E-state index in [2.05, 4.69) is 34.6 Å². The van der Waals surface area contributed by atoms with E-state index in [0.29, 0.717) is 11.7 Å². The second-order valence-corrected chi connectivity index (χ2v) is 8.47. The van der Waals surface area contributed by atoms with Gasteiger partial charge in [-0.2, -0.15) is 0 Å². The molecule has 3 atom stereocenters. The number of hydrogen-bond donors (Lipinski definition) is 0. The van der Waals surface area contributed by atoms with Crippen molar-refractivity contribution in [1.29, 1.82) is 0 Å². The van der Waals surface area contributed by atoms with Gasteiger partial charge in [0.1, 0.15) is 5.78 Å². The van der Waals surface area contributed by atoms with E-state index < -0.39 is 0 Å². The van der Waals surface area contributed by atoms with Crippen LogP contribution in [0.3, 0.4) is 0 Å². The fourth-order valence-corrected chi connectivity index (χ4v) is 4.76. The normalized spacial score (nSPS) is 30.7. The Kier molecular flexibility index (Phi) is 7.44. The van der Waals surface area contributed by atoms with Crippen LogP contribution in [0.4, 0.5) is 0 Å². The summed E-state index contributed by atoms with van der Waals surface area (Å²) >= 11 is 0. The molecular weight excluding hydrogens is 256 g/mol. The lowest BCUT2D eigenvalue weighted by Crippen LogP contribution is -2.33. The number of rotatable bonds is 7. The van der Waals surface area contributed by atoms with E-state index in [4.69, 9.17) is 0 Å². The second kappa shape index (κ2) is 8.34. The minimum absolute atomic E-state index is 0.0142. The summed E-state index contributed by atoms with van der Waals surface area (Å²) in [6.07, 6.45) is 9.90. The molecule has 1 aliphatic rings. The first-order valence-corrected chi connectivity index (χ1v) is 9.31. The smallest absolute Gasteiger partial charge is 0.135 e. The maximum absolute atomic E-state index is 12.5. The number of carbonyl (C=O) groups excluding carboxylic acids is 1. The Hall–Kier alpha value is -0.330. The van der Waals surface area contributed by atoms with E-state index in [1.165, 1.54) is 32.1 Å². The molecule has 0 amide bonds. The Bertz CT molecular complexity index is 318. The minimum atomic E-state index is -0.0142. The van der Waals surface area contributed by atoms with E-state index in [9.17, 15) is 4.79 Å². The van der Waals surface area contributed by atoms with Crippen molar-refractivity contribution in [3.8, 4) is 0 Å². The third-order valence-corrected chi connectivity index (χ3v) is 5.53. The number of ketones is 1. The average Bonchev–Trinajstić information content (AvgIpc) is 2.50. The molecule has 0 aromatic heterocycles. The maximum atomic E-state index is 12.5. The molecule has 0 bridgehead atoms. The Balaban J connectivity index is 2.96. The molecular formula is C20H38O. The van der Waals surface area contributed by atoms with Crippen molar-refractivity contribution in [1.82, 2.24) is 0 Å². The third kappa shape index (κ3) is 5.42. The zero-order valence-electron chi connectivity index (χ0n) is 15.4. The molecule has 0 spiro atoms. The van der Waals surface area contributed by atoms with Crippen molar-refractivity contribution in [3.63, 3.8) is 0 Å². The molecule has 21 heavy (non-hydrogen) atoms. The number of carbonyl (C=O) groups is 1. The van der Waals surface area contributed by atoms with Gasteiger partial charge in [0.2, 0.25) is 0 Å². The van der Waals surface area contributed by atoms with Crippen LogP contribution < -0.4 is 0 Å². The van der Waals surface area contributed by atoms with Crippen molar-refractivity contribution < 1.29 is 4.79 Å². The summed E-state index contributed by atoms with van der Waals surface area (Å²) in [5.74, 6) is 3.48. The van der Waals surface area contributed by atoms with Crippen molar-refractivity contribution >= 4 is 5.78 Å². The van der Waals surface area contributed by atoms with Crippen molar-refractivity contribution in [2.75, 3.05) is 0 Å². The summed E-state index contributed by atoms with van der Waals surface area (Å²) in [7, 11) is 0. The van der Waals surface area contributed by atoms with Crippen LogP contribution in [0.25, 0.3) is 0 Å². The largest absolute Gasteiger partial charge is 0.299 e. The fraction of sp³-hybridized carbons (Fsp3) is 0.950. The Morgan fingerprint density at radius 2 is 1.81 bits per heavy atom. The second-order valence-electron chi connectivity index (χ2n) is 8.47. The van der Waals surface area contributed by atoms with E-state index in [1.807, 2.05) is 6.92 Å². The van der Waals surface area contributed by atoms with Gasteiger partial charge < -0.3 is 0 Å². The molecule has 0 heterocycles. The van der Waals surface area contributed by atoms with Gasteiger partial charge in [-0.25, -0.2) is 0 Å². The zero-order chi connectivity index (χ0) is 16.0. The van der Waals surface area contributed by atoms with Crippen LogP contribution in [0.15, 0.2) is 0 Å². The topological polar surface area (TPSA) is 17.1 Å². The van der Waals surface area contributed by atoms with Crippen LogP contribution in [-0.2, 0) is 4.79 Å². The molecule has 1 saturated carbocycles. The quantitative estimate of drug-likeness (QED) is 0.506. The summed E-state index contributed by atoms with van der Waals surface area (Å²) in [5.41, 5.74) is -0.0142. The van der Waals surface area contributed by atoms with Gasteiger partial charge in [-0.3, -0.25) is 4.79 Å². The van der Waals surface area contributed by atoms with Gasteiger partial charge in [0.15, 0.2) is 0 Å². The van der Waals surface area contributed by atoms with Gasteiger partial charge in [0.05, 0.1) is 0 Å². The van der Waals surface area contributed by atoms with Crippen molar-refractivity contribution in [3.05, 3.63) is 0 Å². The van der Waals surface area contributed by atoms with Gasteiger partial charge in [-0.15, -0.1) is 0 Å². The monoisotopic (exact) mass is 294 g/mol. The summed E-state index contributed by atoms with van der Waals surface area (Å²) in [4.78, 5) is 12.5. The van der Waals surface area contributed by atoms with Crippen LogP contribution in [0.5, 0.6) is 0 Å². The first kappa shape index (κ1) is 18.7. The Labute approximate surface area is 133 Å². The highest BCUT2D eigenvalue weighted by Gasteiger charge is 2.41. The average molecular weight is 295 g/mol. The maximum Gasteiger partial charge on any atom is 0.135 e. The summed E-state index contributed by atoms with van der Waals surface area (Å²) < 4.78 is 0. The Morgan fingerprint density at radius 3 is 2.29 bits per heavy atom. The van der Waals surface area contributed by atoms with Gasteiger partial charge in [0.25, 0.3) is 0 Å². The number of hydrogen-bond acceptors (Lipinski definition) is 1. The van der Waals surface area contributed by atoms with E-state index in [1.54, 1.807) is 0 Å². The highest BCUT2D eigenvalue weighted by atomic mass is 16.1. The lowest BCUT2D eigenvalue weighted by molar-refractivity contribution is -0.129. The first-order chi connectivity index (χ1) is 9.80. The van der Waals surface area contributed by atoms with Crippen molar-refractivity contribution in [2.24, 2.45) is 29.1 Å². The molecule has 1 fully saturated rings. The minimum Gasteiger partial charge on any atom is -0.299 e. The first-order valence-electron chi connectivity index (χ1n) is 9.31. The molecule has 0 radical (unpaired) electrons. The Morgan fingerprint density at radius 1 is 1.14 bits per heavy atom. The molecule has 1 rings (SSSR count). The van der Waals surface area contributed by atoms with E-state index >= 15 is 0 Å². The molecule has 0 N–H and O–H groups in total. The molecule has 124 valence electrons. The highest BCUT2D eigenvalue weighted by molar-refractivity contribution is 5.82. The molecule has 1 aliphatic carbocycles. The SMILES string of the molecule is CCCC1CC(CC(C)C)(C(C)=O)CCCC1CC(C)C. The van der Waals surface area contributed by atoms with Gasteiger partial charge in [-0.05, 0) is 56.3 Å². The molecule has 3 unspecified atom stereocenters. The summed E-state index contributed by atoms with van der Waals surface area (Å²) in [5, 5.41) is 0. The standard InChI is InChI=1S/C20H38O/c1-7-9-19-14-20(17(6)21,13-16(4)5)11-8-10-18(19)12-15(2)3/h15-16,18-19H,7-14H2,1-6H3. The van der Waals surface area contributed by atoms with Crippen LogP contribution in [0, 0.1) is 29.1 Å². The van der Waals surface area contributed by atoms with Crippen molar-refractivity contribution in [2.45, 2.75) is 92.9 Å². The third-order valence-electron chi connectivity index (χ3n) is 5.53. The predicted molar refractivity (Wildman–Crippen MR) is 92.4 cm³/mol. The number of Topliss-reactive ketones (excluding diaryl/α,β-unsaturated/α-hetero) is 1. The molecule has 0 aliphatic heterocycles. The zero-order valence-corrected chi connectivity index (χ0v) is 15.4. The predicted octanol–water partition coefficient (Wildman–Crippen LogP) is 6.26. The van der Waals surface area contributed by atoms with Gasteiger partial charge >= 0.3 is 0 Å². The summed E-state index contributed by atoms with van der Waals surface area (Å²) in [6.45, 7) is 13.4. The van der Waals surface area contributed by atoms with Crippen LogP contribution in [-0.4, -0.2) is 5.78 Å². The molecule has 1 nitrogen and oxygen atoms in total. The molecule has 0 aromatic rings. The molecule has 0 saturated heterocycles. The molecule has 0 aromatic carbocycles. The lowest BCUT2D eigenvalue weighted by Gasteiger charge is -2.36. The van der Waals surface area contributed by atoms with Crippen LogP contribution >= 0.6 is 0 Å². The molecule has 1 heteroatoms. The summed E-state index contributed by atoms with van der Waals surface area (Å²) in [6, 6.07) is 0. The van der Waals surface area contributed by atoms with Crippen LogP contribution in [0.2, 0.25) is 0 Å². The lowest BCUT2D eigenvalue weighted by atomic mass is 9.67. The highest BCUT2D eigenvalue weighted by Crippen LogP contribution is 2.47. The van der Waals surface area contributed by atoms with E-state index in [0.717, 1.165) is 37.0 Å².